The highest BCUT2D eigenvalue weighted by Crippen LogP contribution is 2.39. The van der Waals surface area contributed by atoms with E-state index < -0.39 is 11.9 Å². The molecule has 1 N–H and O–H groups in total. The molecule has 2 aromatic carbocycles. The van der Waals surface area contributed by atoms with Gasteiger partial charge in [0.1, 0.15) is 24.0 Å². The molecule has 2 aliphatic rings. The van der Waals surface area contributed by atoms with Crippen LogP contribution in [0.3, 0.4) is 0 Å². The zero-order valence-electron chi connectivity index (χ0n) is 20.2. The number of aromatic nitrogens is 2. The van der Waals surface area contributed by atoms with Gasteiger partial charge in [0.25, 0.3) is 0 Å². The van der Waals surface area contributed by atoms with Crippen molar-refractivity contribution < 1.29 is 19.0 Å². The maximum Gasteiger partial charge on any atom is 0.136 e. The standard InChI is InChI=1S/C27H28FN4O3P/c1-16-5-3-4-6-29-25(16)27(33)19-13-18(20(28)14-22(19)34-2)26-24-21(30-15-31-26)11-17(12-23(24)36)32-7-9-35-10-8-32/h3-4,6,11-15,27,33H,5,7-10,36H2,1-2H3. The molecular formula is C27H28FN4O3P. The van der Waals surface area contributed by atoms with Gasteiger partial charge in [-0.3, -0.25) is 4.99 Å². The first-order valence-electron chi connectivity index (χ1n) is 11.8. The molecule has 0 bridgehead atoms. The Morgan fingerprint density at radius 1 is 1.17 bits per heavy atom. The first kappa shape index (κ1) is 24.5. The minimum atomic E-state index is -1.09. The van der Waals surface area contributed by atoms with E-state index in [-0.39, 0.29) is 11.3 Å². The summed E-state index contributed by atoms with van der Waals surface area (Å²) in [5, 5.41) is 12.9. The number of ether oxygens (including phenoxy) is 2. The molecule has 0 spiro atoms. The predicted octanol–water partition coefficient (Wildman–Crippen LogP) is 4.12. The number of hydrogen-bond donors (Lipinski definition) is 1. The van der Waals surface area contributed by atoms with Gasteiger partial charge >= 0.3 is 0 Å². The monoisotopic (exact) mass is 506 g/mol. The van der Waals surface area contributed by atoms with Crippen molar-refractivity contribution in [3.63, 3.8) is 0 Å². The number of morpholine rings is 1. The molecule has 0 aliphatic carbocycles. The van der Waals surface area contributed by atoms with Crippen molar-refractivity contribution >= 4 is 37.3 Å². The van der Waals surface area contributed by atoms with Crippen LogP contribution in [0.4, 0.5) is 10.1 Å². The lowest BCUT2D eigenvalue weighted by atomic mass is 9.96. The van der Waals surface area contributed by atoms with E-state index in [0.29, 0.717) is 42.1 Å². The van der Waals surface area contributed by atoms with Crippen LogP contribution in [0.25, 0.3) is 22.2 Å². The number of nitrogens with zero attached hydrogens (tertiary/aromatic N) is 4. The minimum Gasteiger partial charge on any atom is -0.496 e. The summed E-state index contributed by atoms with van der Waals surface area (Å²) >= 11 is 0. The minimum absolute atomic E-state index is 0.246. The molecule has 1 saturated heterocycles. The average molecular weight is 507 g/mol. The third-order valence-electron chi connectivity index (χ3n) is 6.55. The number of allylic oxidation sites excluding steroid dienone is 3. The second-order valence-corrected chi connectivity index (χ2v) is 9.43. The van der Waals surface area contributed by atoms with E-state index in [9.17, 15) is 5.11 Å². The largest absolute Gasteiger partial charge is 0.496 e. The number of aliphatic hydroxyl groups is 1. The maximum atomic E-state index is 15.5. The molecule has 1 aromatic heterocycles. The predicted molar refractivity (Wildman–Crippen MR) is 144 cm³/mol. The fourth-order valence-electron chi connectivity index (χ4n) is 4.65. The van der Waals surface area contributed by atoms with Crippen LogP contribution >= 0.6 is 9.24 Å². The SMILES string of the molecule is COc1cc(F)c(-c2ncnc3cc(N4CCOCC4)cc(P)c23)cc1C(O)C1=C(C)CC=CC=N1. The van der Waals surface area contributed by atoms with Gasteiger partial charge in [-0.1, -0.05) is 6.08 Å². The van der Waals surface area contributed by atoms with Gasteiger partial charge in [-0.05, 0) is 48.5 Å². The highest BCUT2D eigenvalue weighted by Gasteiger charge is 2.24. The smallest absolute Gasteiger partial charge is 0.136 e. The molecule has 2 aliphatic heterocycles. The van der Waals surface area contributed by atoms with Crippen LogP contribution in [0.15, 0.2) is 59.0 Å². The van der Waals surface area contributed by atoms with Crippen LogP contribution in [0, 0.1) is 5.82 Å². The van der Waals surface area contributed by atoms with Gasteiger partial charge in [-0.25, -0.2) is 14.4 Å². The average Bonchev–Trinajstić information content (AvgIpc) is 3.12. The molecule has 2 atom stereocenters. The Hall–Kier alpha value is -3.19. The molecule has 3 heterocycles. The Kier molecular flexibility index (Phi) is 7.10. The topological polar surface area (TPSA) is 80.1 Å². The fraction of sp³-hybridized carbons (Fsp3) is 0.296. The lowest BCUT2D eigenvalue weighted by molar-refractivity contribution is 0.122. The van der Waals surface area contributed by atoms with Gasteiger partial charge < -0.3 is 19.5 Å². The number of aliphatic imine (C=N–C) groups is 1. The highest BCUT2D eigenvalue weighted by atomic mass is 31.0. The van der Waals surface area contributed by atoms with Crippen LogP contribution in [0.5, 0.6) is 5.75 Å². The number of methoxy groups -OCH3 is 1. The zero-order chi connectivity index (χ0) is 25.2. The summed E-state index contributed by atoms with van der Waals surface area (Å²) < 4.78 is 26.4. The number of anilines is 1. The number of benzene rings is 2. The Morgan fingerprint density at radius 3 is 2.75 bits per heavy atom. The second kappa shape index (κ2) is 10.4. The van der Waals surface area contributed by atoms with Crippen molar-refractivity contribution in [2.75, 3.05) is 38.3 Å². The number of hydrogen-bond acceptors (Lipinski definition) is 7. The normalized spacial score (nSPS) is 17.0. The molecule has 0 amide bonds. The van der Waals surface area contributed by atoms with Crippen molar-refractivity contribution in [2.24, 2.45) is 4.99 Å². The molecule has 1 fully saturated rings. The molecule has 5 rings (SSSR count). The van der Waals surface area contributed by atoms with Crippen LogP contribution in [-0.4, -0.2) is 54.7 Å². The summed E-state index contributed by atoms with van der Waals surface area (Å²) in [7, 11) is 4.19. The molecule has 2 unspecified atom stereocenters. The summed E-state index contributed by atoms with van der Waals surface area (Å²) in [6, 6.07) is 6.94. The summed E-state index contributed by atoms with van der Waals surface area (Å²) in [5.41, 5.74) is 4.32. The molecule has 186 valence electrons. The summed E-state index contributed by atoms with van der Waals surface area (Å²) in [5.74, 6) is -0.253. The molecule has 0 radical (unpaired) electrons. The Morgan fingerprint density at radius 2 is 1.97 bits per heavy atom. The molecular weight excluding hydrogens is 478 g/mol. The van der Waals surface area contributed by atoms with Gasteiger partial charge in [-0.2, -0.15) is 0 Å². The van der Waals surface area contributed by atoms with Crippen molar-refractivity contribution in [1.29, 1.82) is 0 Å². The maximum absolute atomic E-state index is 15.5. The Bertz CT molecular complexity index is 1400. The lowest BCUT2D eigenvalue weighted by Gasteiger charge is -2.29. The van der Waals surface area contributed by atoms with Gasteiger partial charge in [0.2, 0.25) is 0 Å². The quantitative estimate of drug-likeness (QED) is 0.525. The van der Waals surface area contributed by atoms with Crippen LogP contribution in [0.1, 0.15) is 25.0 Å². The molecule has 3 aromatic rings. The highest BCUT2D eigenvalue weighted by molar-refractivity contribution is 7.28. The van der Waals surface area contributed by atoms with E-state index in [4.69, 9.17) is 9.47 Å². The van der Waals surface area contributed by atoms with Crippen molar-refractivity contribution in [1.82, 2.24) is 9.97 Å². The van der Waals surface area contributed by atoms with Gasteiger partial charge in [0, 0.05) is 47.6 Å². The first-order chi connectivity index (χ1) is 17.5. The van der Waals surface area contributed by atoms with Gasteiger partial charge in [0.15, 0.2) is 0 Å². The molecule has 9 heteroatoms. The van der Waals surface area contributed by atoms with Crippen molar-refractivity contribution in [3.8, 4) is 17.0 Å². The summed E-state index contributed by atoms with van der Waals surface area (Å²) in [6.07, 6.45) is 6.49. The van der Waals surface area contributed by atoms with E-state index in [1.165, 1.54) is 19.5 Å². The molecule has 36 heavy (non-hydrogen) atoms. The third-order valence-corrected chi connectivity index (χ3v) is 7.01. The Balaban J connectivity index is 1.64. The number of fused-ring (bicyclic) bond motifs is 1. The molecule has 0 saturated carbocycles. The molecule has 7 nitrogen and oxygen atoms in total. The number of rotatable bonds is 5. The lowest BCUT2D eigenvalue weighted by Crippen LogP contribution is -2.36. The van der Waals surface area contributed by atoms with Gasteiger partial charge in [0.05, 0.1) is 37.2 Å². The van der Waals surface area contributed by atoms with E-state index in [2.05, 4.69) is 29.1 Å². The van der Waals surface area contributed by atoms with Crippen LogP contribution in [0.2, 0.25) is 0 Å². The Labute approximate surface area is 211 Å². The van der Waals surface area contributed by atoms with E-state index in [0.717, 1.165) is 35.0 Å². The van der Waals surface area contributed by atoms with Gasteiger partial charge in [-0.15, -0.1) is 9.24 Å². The fourth-order valence-corrected chi connectivity index (χ4v) is 5.11. The number of halogens is 1. The van der Waals surface area contributed by atoms with Crippen LogP contribution < -0.4 is 14.9 Å². The van der Waals surface area contributed by atoms with E-state index >= 15 is 4.39 Å². The summed E-state index contributed by atoms with van der Waals surface area (Å²) in [6.45, 7) is 4.88. The van der Waals surface area contributed by atoms with Crippen LogP contribution in [-0.2, 0) is 4.74 Å². The van der Waals surface area contributed by atoms with E-state index in [1.807, 2.05) is 31.2 Å². The zero-order valence-corrected chi connectivity index (χ0v) is 21.4. The number of aliphatic hydroxyl groups excluding tert-OH is 1. The van der Waals surface area contributed by atoms with Crippen molar-refractivity contribution in [2.45, 2.75) is 19.4 Å². The van der Waals surface area contributed by atoms with Crippen molar-refractivity contribution in [3.05, 3.63) is 65.4 Å². The summed E-state index contributed by atoms with van der Waals surface area (Å²) in [4.78, 5) is 15.6. The third kappa shape index (κ3) is 4.64. The second-order valence-electron chi connectivity index (χ2n) is 8.80. The van der Waals surface area contributed by atoms with E-state index in [1.54, 1.807) is 12.3 Å². The first-order valence-corrected chi connectivity index (χ1v) is 12.4.